The molecule has 72 valence electrons. The number of hydrogen-bond acceptors (Lipinski definition) is 3. The van der Waals surface area contributed by atoms with Gasteiger partial charge in [0.1, 0.15) is 6.10 Å². The third-order valence-electron chi connectivity index (χ3n) is 1.64. The zero-order valence-electron chi connectivity index (χ0n) is 7.78. The molecule has 0 aliphatic rings. The summed E-state index contributed by atoms with van der Waals surface area (Å²) in [7, 11) is 0. The van der Waals surface area contributed by atoms with Crippen LogP contribution in [-0.2, 0) is 4.79 Å². The lowest BCUT2D eigenvalue weighted by molar-refractivity contribution is -0.114. The maximum Gasteiger partial charge on any atom is 0.158 e. The van der Waals surface area contributed by atoms with Crippen molar-refractivity contribution in [1.29, 1.82) is 0 Å². The van der Waals surface area contributed by atoms with Crippen molar-refractivity contribution in [2.75, 3.05) is 0 Å². The summed E-state index contributed by atoms with van der Waals surface area (Å²) >= 11 is 1.49. The van der Waals surface area contributed by atoms with Crippen LogP contribution in [0.1, 0.15) is 11.8 Å². The average molecular weight is 206 g/mol. The van der Waals surface area contributed by atoms with Crippen LogP contribution in [0.3, 0.4) is 0 Å². The maximum absolute atomic E-state index is 10.8. The Labute approximate surface area is 86.9 Å². The van der Waals surface area contributed by atoms with Crippen LogP contribution in [0.25, 0.3) is 0 Å². The molecule has 14 heavy (non-hydrogen) atoms. The average Bonchev–Trinajstić information content (AvgIpc) is 2.65. The van der Waals surface area contributed by atoms with Gasteiger partial charge in [-0.1, -0.05) is 24.5 Å². The summed E-state index contributed by atoms with van der Waals surface area (Å²) in [6.45, 7) is 4.81. The molecule has 0 saturated carbocycles. The van der Waals surface area contributed by atoms with Gasteiger partial charge >= 0.3 is 0 Å². The number of carbonyl (C=O) groups excluding carboxylic acids is 1. The molecule has 1 atom stereocenters. The molecule has 0 aliphatic heterocycles. The molecule has 0 spiro atoms. The van der Waals surface area contributed by atoms with Gasteiger partial charge in [0, 0.05) is 5.57 Å². The molecule has 0 aromatic carbocycles. The van der Waals surface area contributed by atoms with Gasteiger partial charge in [0.05, 0.1) is 4.88 Å². The molecule has 1 heterocycles. The third kappa shape index (κ3) is 2.84. The Hall–Kier alpha value is -1.37. The van der Waals surface area contributed by atoms with Crippen LogP contribution < -0.4 is 0 Å². The molecule has 2 nitrogen and oxygen atoms in total. The Morgan fingerprint density at radius 3 is 2.93 bits per heavy atom. The second-order valence-electron chi connectivity index (χ2n) is 2.73. The van der Waals surface area contributed by atoms with Gasteiger partial charge in [-0.25, -0.2) is 0 Å². The molecule has 0 bridgehead atoms. The molecule has 0 amide bonds. The number of aliphatic hydroxyl groups excluding tert-OH is 1. The number of thiophene rings is 1. The van der Waals surface area contributed by atoms with Crippen molar-refractivity contribution in [3.63, 3.8) is 0 Å². The first-order valence-corrected chi connectivity index (χ1v) is 4.92. The van der Waals surface area contributed by atoms with E-state index < -0.39 is 6.10 Å². The maximum atomic E-state index is 10.8. The van der Waals surface area contributed by atoms with Gasteiger partial charge in [0.15, 0.2) is 5.78 Å². The molecule has 1 N–H and O–H groups in total. The first-order valence-electron chi connectivity index (χ1n) is 4.04. The van der Waals surface area contributed by atoms with Crippen LogP contribution in [0.15, 0.2) is 29.7 Å². The van der Waals surface area contributed by atoms with E-state index in [4.69, 9.17) is 0 Å². The minimum absolute atomic E-state index is 0.133. The van der Waals surface area contributed by atoms with Crippen LogP contribution in [0.4, 0.5) is 0 Å². The smallest absolute Gasteiger partial charge is 0.158 e. The Kier molecular flexibility index (Phi) is 3.63. The zero-order chi connectivity index (χ0) is 10.6. The van der Waals surface area contributed by atoms with Crippen LogP contribution in [0.5, 0.6) is 0 Å². The van der Waals surface area contributed by atoms with E-state index in [1.807, 2.05) is 17.5 Å². The second kappa shape index (κ2) is 4.75. The fraction of sp³-hybridized carbons (Fsp3) is 0.182. The van der Waals surface area contributed by atoms with Gasteiger partial charge in [-0.05, 0) is 18.4 Å². The first kappa shape index (κ1) is 10.7. The van der Waals surface area contributed by atoms with Crippen molar-refractivity contribution in [3.8, 4) is 11.8 Å². The number of ketones is 1. The first-order chi connectivity index (χ1) is 6.61. The van der Waals surface area contributed by atoms with Gasteiger partial charge in [-0.3, -0.25) is 4.79 Å². The van der Waals surface area contributed by atoms with E-state index in [0.717, 1.165) is 4.88 Å². The van der Waals surface area contributed by atoms with E-state index in [2.05, 4.69) is 18.4 Å². The summed E-state index contributed by atoms with van der Waals surface area (Å²) in [5, 5.41) is 11.3. The van der Waals surface area contributed by atoms with Gasteiger partial charge in [-0.15, -0.1) is 11.3 Å². The zero-order valence-corrected chi connectivity index (χ0v) is 8.60. The van der Waals surface area contributed by atoms with Gasteiger partial charge < -0.3 is 5.11 Å². The summed E-state index contributed by atoms with van der Waals surface area (Å²) in [6, 6.07) is 3.72. The molecule has 1 unspecified atom stereocenters. The molecule has 0 fully saturated rings. The van der Waals surface area contributed by atoms with E-state index in [9.17, 15) is 9.90 Å². The molecule has 0 radical (unpaired) electrons. The Morgan fingerprint density at radius 2 is 2.43 bits per heavy atom. The predicted molar refractivity (Wildman–Crippen MR) is 57.0 cm³/mol. The summed E-state index contributed by atoms with van der Waals surface area (Å²) < 4.78 is 0. The fourth-order valence-electron chi connectivity index (χ4n) is 0.769. The summed E-state index contributed by atoms with van der Waals surface area (Å²) in [4.78, 5) is 11.7. The molecule has 0 saturated heterocycles. The highest BCUT2D eigenvalue weighted by atomic mass is 32.1. The van der Waals surface area contributed by atoms with E-state index in [1.165, 1.54) is 18.3 Å². The highest BCUT2D eigenvalue weighted by Gasteiger charge is 2.08. The number of carbonyl (C=O) groups is 1. The molecule has 0 aliphatic carbocycles. The van der Waals surface area contributed by atoms with Crippen molar-refractivity contribution in [1.82, 2.24) is 0 Å². The van der Waals surface area contributed by atoms with Gasteiger partial charge in [0.25, 0.3) is 0 Å². The Morgan fingerprint density at radius 1 is 1.71 bits per heavy atom. The minimum atomic E-state index is -1.06. The lowest BCUT2D eigenvalue weighted by Crippen LogP contribution is -2.12. The lowest BCUT2D eigenvalue weighted by Gasteiger charge is -2.01. The molecule has 1 rings (SSSR count). The standard InChI is InChI=1S/C11H10O2S/c1-8(9(2)12)11(13)6-5-10-4-3-7-14-10/h3-4,7,11,13H,1H2,2H3. The van der Waals surface area contributed by atoms with E-state index in [1.54, 1.807) is 0 Å². The van der Waals surface area contributed by atoms with Crippen LogP contribution in [0, 0.1) is 11.8 Å². The normalized spacial score (nSPS) is 11.3. The third-order valence-corrected chi connectivity index (χ3v) is 2.42. The van der Waals surface area contributed by atoms with E-state index in [-0.39, 0.29) is 11.4 Å². The number of hydrogen-bond donors (Lipinski definition) is 1. The molecular formula is C11H10O2S. The van der Waals surface area contributed by atoms with Crippen molar-refractivity contribution in [2.45, 2.75) is 13.0 Å². The summed E-state index contributed by atoms with van der Waals surface area (Å²) in [5.41, 5.74) is 0.133. The van der Waals surface area contributed by atoms with Crippen LogP contribution in [-0.4, -0.2) is 17.0 Å². The molecule has 3 heteroatoms. The highest BCUT2D eigenvalue weighted by molar-refractivity contribution is 7.10. The van der Waals surface area contributed by atoms with E-state index >= 15 is 0 Å². The Balaban J connectivity index is 2.69. The van der Waals surface area contributed by atoms with Crippen LogP contribution >= 0.6 is 11.3 Å². The monoisotopic (exact) mass is 206 g/mol. The quantitative estimate of drug-likeness (QED) is 0.589. The van der Waals surface area contributed by atoms with Crippen LogP contribution in [0.2, 0.25) is 0 Å². The number of Topliss-reactive ketones (excluding diaryl/α,β-unsaturated/α-hetero) is 1. The van der Waals surface area contributed by atoms with Crippen molar-refractivity contribution >= 4 is 17.1 Å². The largest absolute Gasteiger partial charge is 0.376 e. The molecule has 1 aromatic rings. The topological polar surface area (TPSA) is 37.3 Å². The number of rotatable bonds is 2. The SMILES string of the molecule is C=C(C(C)=O)C(O)C#Cc1cccs1. The second-order valence-corrected chi connectivity index (χ2v) is 3.68. The minimum Gasteiger partial charge on any atom is -0.376 e. The molecule has 1 aromatic heterocycles. The Bertz CT molecular complexity index is 393. The molecular weight excluding hydrogens is 196 g/mol. The summed E-state index contributed by atoms with van der Waals surface area (Å²) in [5.74, 6) is 5.09. The predicted octanol–water partition coefficient (Wildman–Crippen LogP) is 1.61. The fourth-order valence-corrected chi connectivity index (χ4v) is 1.35. The van der Waals surface area contributed by atoms with E-state index in [0.29, 0.717) is 0 Å². The van der Waals surface area contributed by atoms with Crippen molar-refractivity contribution in [3.05, 3.63) is 34.5 Å². The van der Waals surface area contributed by atoms with Gasteiger partial charge in [-0.2, -0.15) is 0 Å². The number of aliphatic hydroxyl groups is 1. The van der Waals surface area contributed by atoms with Crippen molar-refractivity contribution < 1.29 is 9.90 Å². The van der Waals surface area contributed by atoms with Crippen molar-refractivity contribution in [2.24, 2.45) is 0 Å². The highest BCUT2D eigenvalue weighted by Crippen LogP contribution is 2.06. The lowest BCUT2D eigenvalue weighted by atomic mass is 10.1. The summed E-state index contributed by atoms with van der Waals surface area (Å²) in [6.07, 6.45) is -1.06. The van der Waals surface area contributed by atoms with Gasteiger partial charge in [0.2, 0.25) is 0 Å².